The highest BCUT2D eigenvalue weighted by Gasteiger charge is 2.34. The van der Waals surface area contributed by atoms with Crippen molar-refractivity contribution in [1.29, 1.82) is 0 Å². The average Bonchev–Trinajstić information content (AvgIpc) is 3.15. The zero-order chi connectivity index (χ0) is 11.7. The standard InChI is InChI=1S/C13H18N2O2/c1-13(8-16-10-17-9-13)12-11(3-2-4-14-12)7-15-5-6-15/h2-4H,5-10H2,1H3. The van der Waals surface area contributed by atoms with Gasteiger partial charge in [0.25, 0.3) is 0 Å². The van der Waals surface area contributed by atoms with Crippen LogP contribution in [0.1, 0.15) is 18.2 Å². The summed E-state index contributed by atoms with van der Waals surface area (Å²) >= 11 is 0. The number of nitrogens with zero attached hydrogens (tertiary/aromatic N) is 2. The molecule has 1 aromatic rings. The number of hydrogen-bond donors (Lipinski definition) is 0. The third-order valence-electron chi connectivity index (χ3n) is 3.40. The maximum Gasteiger partial charge on any atom is 0.146 e. The molecular weight excluding hydrogens is 216 g/mol. The van der Waals surface area contributed by atoms with Crippen molar-refractivity contribution in [3.05, 3.63) is 29.6 Å². The summed E-state index contributed by atoms with van der Waals surface area (Å²) in [5.41, 5.74) is 2.33. The van der Waals surface area contributed by atoms with Crippen LogP contribution < -0.4 is 0 Å². The van der Waals surface area contributed by atoms with E-state index in [4.69, 9.17) is 9.47 Å². The van der Waals surface area contributed by atoms with Crippen LogP contribution in [0.4, 0.5) is 0 Å². The second-order valence-electron chi connectivity index (χ2n) is 5.16. The molecule has 4 nitrogen and oxygen atoms in total. The van der Waals surface area contributed by atoms with Crippen molar-refractivity contribution >= 4 is 0 Å². The predicted octanol–water partition coefficient (Wildman–Crippen LogP) is 1.16. The molecule has 0 radical (unpaired) electrons. The van der Waals surface area contributed by atoms with E-state index in [1.165, 1.54) is 18.7 Å². The van der Waals surface area contributed by atoms with E-state index in [1.54, 1.807) is 0 Å². The molecule has 0 bridgehead atoms. The molecule has 0 atom stereocenters. The van der Waals surface area contributed by atoms with Crippen molar-refractivity contribution in [2.75, 3.05) is 33.1 Å². The van der Waals surface area contributed by atoms with Crippen LogP contribution in [-0.4, -0.2) is 43.0 Å². The smallest absolute Gasteiger partial charge is 0.146 e. The molecule has 2 aliphatic rings. The summed E-state index contributed by atoms with van der Waals surface area (Å²) in [7, 11) is 0. The Kier molecular flexibility index (Phi) is 2.86. The van der Waals surface area contributed by atoms with Gasteiger partial charge in [0.05, 0.1) is 24.3 Å². The van der Waals surface area contributed by atoms with E-state index in [9.17, 15) is 0 Å². The number of rotatable bonds is 3. The van der Waals surface area contributed by atoms with Crippen molar-refractivity contribution in [3.63, 3.8) is 0 Å². The monoisotopic (exact) mass is 234 g/mol. The molecule has 0 saturated carbocycles. The van der Waals surface area contributed by atoms with E-state index in [-0.39, 0.29) is 5.41 Å². The van der Waals surface area contributed by atoms with Crippen LogP contribution in [0.15, 0.2) is 18.3 Å². The molecular formula is C13H18N2O2. The first-order valence-corrected chi connectivity index (χ1v) is 6.10. The third kappa shape index (κ3) is 2.34. The molecule has 17 heavy (non-hydrogen) atoms. The SMILES string of the molecule is CC1(c2ncccc2CN2CC2)COCOC1. The number of aromatic nitrogens is 1. The Labute approximate surface area is 102 Å². The van der Waals surface area contributed by atoms with E-state index in [1.807, 2.05) is 12.3 Å². The Morgan fingerprint density at radius 3 is 2.82 bits per heavy atom. The molecule has 0 spiro atoms. The minimum atomic E-state index is -0.106. The lowest BCUT2D eigenvalue weighted by Crippen LogP contribution is -2.40. The largest absolute Gasteiger partial charge is 0.354 e. The molecule has 92 valence electrons. The van der Waals surface area contributed by atoms with Gasteiger partial charge in [-0.2, -0.15) is 0 Å². The predicted molar refractivity (Wildman–Crippen MR) is 63.6 cm³/mol. The third-order valence-corrected chi connectivity index (χ3v) is 3.40. The normalized spacial score (nSPS) is 23.6. The van der Waals surface area contributed by atoms with Gasteiger partial charge in [0.1, 0.15) is 6.79 Å². The Bertz CT molecular complexity index is 398. The molecule has 0 unspecified atom stereocenters. The number of ether oxygens (including phenoxy) is 2. The van der Waals surface area contributed by atoms with Gasteiger partial charge in [0.2, 0.25) is 0 Å². The highest BCUT2D eigenvalue weighted by atomic mass is 16.7. The van der Waals surface area contributed by atoms with E-state index in [0.29, 0.717) is 20.0 Å². The van der Waals surface area contributed by atoms with Gasteiger partial charge in [-0.25, -0.2) is 0 Å². The summed E-state index contributed by atoms with van der Waals surface area (Å²) in [6.45, 7) is 7.37. The van der Waals surface area contributed by atoms with E-state index >= 15 is 0 Å². The first kappa shape index (κ1) is 11.1. The second-order valence-corrected chi connectivity index (χ2v) is 5.16. The van der Waals surface area contributed by atoms with Gasteiger partial charge in [-0.05, 0) is 18.6 Å². The fraction of sp³-hybridized carbons (Fsp3) is 0.615. The van der Waals surface area contributed by atoms with Gasteiger partial charge in [0.15, 0.2) is 0 Å². The van der Waals surface area contributed by atoms with Crippen LogP contribution in [0.5, 0.6) is 0 Å². The van der Waals surface area contributed by atoms with Crippen LogP contribution >= 0.6 is 0 Å². The maximum absolute atomic E-state index is 5.44. The van der Waals surface area contributed by atoms with Gasteiger partial charge >= 0.3 is 0 Å². The fourth-order valence-corrected chi connectivity index (χ4v) is 2.35. The first-order chi connectivity index (χ1) is 8.28. The Balaban J connectivity index is 1.88. The molecule has 1 aromatic heterocycles. The average molecular weight is 234 g/mol. The van der Waals surface area contributed by atoms with Crippen molar-refractivity contribution < 1.29 is 9.47 Å². The summed E-state index contributed by atoms with van der Waals surface area (Å²) in [5, 5.41) is 0. The lowest BCUT2D eigenvalue weighted by Gasteiger charge is -2.34. The van der Waals surface area contributed by atoms with Crippen molar-refractivity contribution in [2.24, 2.45) is 0 Å². The van der Waals surface area contributed by atoms with Crippen molar-refractivity contribution in [1.82, 2.24) is 9.88 Å². The van der Waals surface area contributed by atoms with Gasteiger partial charge in [-0.1, -0.05) is 6.07 Å². The molecule has 4 heteroatoms. The summed E-state index contributed by atoms with van der Waals surface area (Å²) in [6.07, 6.45) is 1.86. The molecule has 0 N–H and O–H groups in total. The second kappa shape index (κ2) is 4.37. The van der Waals surface area contributed by atoms with E-state index in [2.05, 4.69) is 22.9 Å². The zero-order valence-electron chi connectivity index (χ0n) is 10.2. The summed E-state index contributed by atoms with van der Waals surface area (Å²) < 4.78 is 10.9. The Morgan fingerprint density at radius 2 is 2.12 bits per heavy atom. The molecule has 0 aliphatic carbocycles. The molecule has 3 heterocycles. The van der Waals surface area contributed by atoms with E-state index in [0.717, 1.165) is 12.2 Å². The lowest BCUT2D eigenvalue weighted by molar-refractivity contribution is -0.135. The van der Waals surface area contributed by atoms with Gasteiger partial charge in [0, 0.05) is 25.8 Å². The van der Waals surface area contributed by atoms with Crippen LogP contribution in [0, 0.1) is 0 Å². The molecule has 2 fully saturated rings. The number of pyridine rings is 1. The maximum atomic E-state index is 5.44. The van der Waals surface area contributed by atoms with Crippen LogP contribution in [0.3, 0.4) is 0 Å². The van der Waals surface area contributed by atoms with Crippen molar-refractivity contribution in [3.8, 4) is 0 Å². The molecule has 2 saturated heterocycles. The summed E-state index contributed by atoms with van der Waals surface area (Å²) in [4.78, 5) is 6.97. The fourth-order valence-electron chi connectivity index (χ4n) is 2.35. The molecule has 3 rings (SSSR count). The highest BCUT2D eigenvalue weighted by molar-refractivity contribution is 5.28. The zero-order valence-corrected chi connectivity index (χ0v) is 10.2. The summed E-state index contributed by atoms with van der Waals surface area (Å²) in [5.74, 6) is 0. The molecule has 0 amide bonds. The highest BCUT2D eigenvalue weighted by Crippen LogP contribution is 2.29. The van der Waals surface area contributed by atoms with Crippen LogP contribution in [0.2, 0.25) is 0 Å². The lowest BCUT2D eigenvalue weighted by atomic mass is 9.85. The minimum Gasteiger partial charge on any atom is -0.354 e. The van der Waals surface area contributed by atoms with Crippen LogP contribution in [0.25, 0.3) is 0 Å². The Hall–Kier alpha value is -0.970. The van der Waals surface area contributed by atoms with Gasteiger partial charge < -0.3 is 9.47 Å². The van der Waals surface area contributed by atoms with Gasteiger partial charge in [-0.3, -0.25) is 9.88 Å². The summed E-state index contributed by atoms with van der Waals surface area (Å²) in [6, 6.07) is 4.18. The van der Waals surface area contributed by atoms with Crippen LogP contribution in [-0.2, 0) is 21.4 Å². The van der Waals surface area contributed by atoms with Gasteiger partial charge in [-0.15, -0.1) is 0 Å². The molecule has 2 aliphatic heterocycles. The van der Waals surface area contributed by atoms with E-state index < -0.39 is 0 Å². The quantitative estimate of drug-likeness (QED) is 0.735. The van der Waals surface area contributed by atoms with Crippen molar-refractivity contribution in [2.45, 2.75) is 18.9 Å². The first-order valence-electron chi connectivity index (χ1n) is 6.10. The molecule has 0 aromatic carbocycles. The minimum absolute atomic E-state index is 0.106. The number of hydrogen-bond acceptors (Lipinski definition) is 4. The topological polar surface area (TPSA) is 34.4 Å². The Morgan fingerprint density at radius 1 is 1.35 bits per heavy atom.